The summed E-state index contributed by atoms with van der Waals surface area (Å²) in [6, 6.07) is 0. The van der Waals surface area contributed by atoms with Crippen molar-refractivity contribution < 1.29 is 18.3 Å². The largest absolute Gasteiger partial charge is 0.446 e. The second kappa shape index (κ2) is 8.97. The van der Waals surface area contributed by atoms with Crippen LogP contribution >= 0.6 is 0 Å². The van der Waals surface area contributed by atoms with Gasteiger partial charge in [-0.05, 0) is 45.2 Å². The number of alkyl halides is 2. The third kappa shape index (κ3) is 5.30. The number of amides is 1. The summed E-state index contributed by atoms with van der Waals surface area (Å²) in [4.78, 5) is 15.9. The zero-order valence-corrected chi connectivity index (χ0v) is 15.1. The molecule has 24 heavy (non-hydrogen) atoms. The van der Waals surface area contributed by atoms with Gasteiger partial charge < -0.3 is 9.64 Å². The quantitative estimate of drug-likeness (QED) is 0.619. The number of carbonyl (C=O) groups is 1. The molecule has 0 saturated carbocycles. The lowest BCUT2D eigenvalue weighted by Crippen LogP contribution is -2.62. The summed E-state index contributed by atoms with van der Waals surface area (Å²) in [5.74, 6) is 0. The van der Waals surface area contributed by atoms with E-state index in [1.807, 2.05) is 4.90 Å². The molecule has 1 atom stereocenters. The van der Waals surface area contributed by atoms with Gasteiger partial charge in [-0.25, -0.2) is 13.6 Å². The highest BCUT2D eigenvalue weighted by atomic mass is 19.3. The van der Waals surface area contributed by atoms with Crippen LogP contribution < -0.4 is 0 Å². The number of rotatable bonds is 8. The average Bonchev–Trinajstić information content (AvgIpc) is 2.52. The lowest BCUT2D eigenvalue weighted by Gasteiger charge is -2.53. The van der Waals surface area contributed by atoms with Crippen LogP contribution in [0.25, 0.3) is 0 Å². The van der Waals surface area contributed by atoms with E-state index in [1.165, 1.54) is 12.8 Å². The Balaban J connectivity index is 1.69. The zero-order valence-electron chi connectivity index (χ0n) is 15.1. The van der Waals surface area contributed by atoms with Gasteiger partial charge in [0.1, 0.15) is 6.10 Å². The Bertz CT molecular complexity index is 390. The van der Waals surface area contributed by atoms with Crippen molar-refractivity contribution in [2.45, 2.75) is 71.3 Å². The molecular formula is C18H32F2N2O2. The Kier molecular flexibility index (Phi) is 7.26. The number of likely N-dealkylation sites (tertiary alicyclic amines) is 2. The first-order chi connectivity index (χ1) is 11.5. The summed E-state index contributed by atoms with van der Waals surface area (Å²) >= 11 is 0. The van der Waals surface area contributed by atoms with Gasteiger partial charge in [0.15, 0.2) is 0 Å². The normalized spacial score (nSPS) is 21.8. The molecule has 2 aliphatic rings. The van der Waals surface area contributed by atoms with Gasteiger partial charge in [0.05, 0.1) is 6.54 Å². The van der Waals surface area contributed by atoms with Crippen molar-refractivity contribution in [2.75, 3.05) is 32.7 Å². The molecule has 1 unspecified atom stereocenters. The van der Waals surface area contributed by atoms with Gasteiger partial charge in [-0.15, -0.1) is 0 Å². The van der Waals surface area contributed by atoms with Gasteiger partial charge in [-0.2, -0.15) is 0 Å². The standard InChI is InChI=1S/C18H32F2N2O2/c1-3-5-6-7-15(4-2)24-17(23)22-13-18(14-22)8-10-21(11-9-18)12-16(19)20/h15-16H,3-14H2,1-2H3. The number of piperidine rings is 1. The minimum atomic E-state index is -2.26. The number of nitrogens with zero attached hydrogens (tertiary/aromatic N) is 2. The smallest absolute Gasteiger partial charge is 0.410 e. The number of hydrogen-bond donors (Lipinski definition) is 0. The molecule has 2 saturated heterocycles. The number of ether oxygens (including phenoxy) is 1. The molecule has 0 aromatic rings. The minimum absolute atomic E-state index is 0.0217. The van der Waals surface area contributed by atoms with E-state index in [1.54, 1.807) is 4.90 Å². The third-order valence-corrected chi connectivity index (χ3v) is 5.48. The van der Waals surface area contributed by atoms with E-state index in [4.69, 9.17) is 4.74 Å². The molecular weight excluding hydrogens is 314 g/mol. The van der Waals surface area contributed by atoms with Crippen LogP contribution in [-0.2, 0) is 4.74 Å². The number of halogens is 2. The van der Waals surface area contributed by atoms with Gasteiger partial charge in [0.2, 0.25) is 0 Å². The fourth-order valence-electron chi connectivity index (χ4n) is 3.80. The molecule has 0 aliphatic carbocycles. The highest BCUT2D eigenvalue weighted by Gasteiger charge is 2.47. The Morgan fingerprint density at radius 1 is 1.17 bits per heavy atom. The predicted octanol–water partition coefficient (Wildman–Crippen LogP) is 4.14. The SMILES string of the molecule is CCCCCC(CC)OC(=O)N1CC2(CCN(CC(F)F)CC2)C1. The van der Waals surface area contributed by atoms with Crippen molar-refractivity contribution in [3.8, 4) is 0 Å². The highest BCUT2D eigenvalue weighted by Crippen LogP contribution is 2.40. The lowest BCUT2D eigenvalue weighted by molar-refractivity contribution is -0.0561. The van der Waals surface area contributed by atoms with Crippen LogP contribution in [0.4, 0.5) is 13.6 Å². The fraction of sp³-hybridized carbons (Fsp3) is 0.944. The van der Waals surface area contributed by atoms with E-state index in [-0.39, 0.29) is 24.2 Å². The van der Waals surface area contributed by atoms with Gasteiger partial charge in [0.25, 0.3) is 6.43 Å². The lowest BCUT2D eigenvalue weighted by atomic mass is 9.72. The van der Waals surface area contributed by atoms with Crippen LogP contribution in [-0.4, -0.2) is 61.1 Å². The summed E-state index contributed by atoms with van der Waals surface area (Å²) in [6.45, 7) is 6.96. The number of hydrogen-bond acceptors (Lipinski definition) is 3. The van der Waals surface area contributed by atoms with E-state index in [0.717, 1.165) is 45.2 Å². The molecule has 6 heteroatoms. The maximum absolute atomic E-state index is 12.4. The molecule has 0 radical (unpaired) electrons. The summed E-state index contributed by atoms with van der Waals surface area (Å²) in [5, 5.41) is 0. The van der Waals surface area contributed by atoms with E-state index >= 15 is 0 Å². The van der Waals surface area contributed by atoms with Crippen molar-refractivity contribution in [3.05, 3.63) is 0 Å². The van der Waals surface area contributed by atoms with E-state index in [9.17, 15) is 13.6 Å². The van der Waals surface area contributed by atoms with Crippen LogP contribution in [0.2, 0.25) is 0 Å². The summed E-state index contributed by atoms with van der Waals surface area (Å²) in [7, 11) is 0. The van der Waals surface area contributed by atoms with Gasteiger partial charge in [-0.1, -0.05) is 26.7 Å². The van der Waals surface area contributed by atoms with Crippen LogP contribution in [0.3, 0.4) is 0 Å². The maximum Gasteiger partial charge on any atom is 0.410 e. The molecule has 2 heterocycles. The Morgan fingerprint density at radius 2 is 1.83 bits per heavy atom. The van der Waals surface area contributed by atoms with Gasteiger partial charge >= 0.3 is 6.09 Å². The molecule has 1 amide bonds. The van der Waals surface area contributed by atoms with E-state index < -0.39 is 6.43 Å². The zero-order chi connectivity index (χ0) is 17.6. The molecule has 2 fully saturated rings. The first kappa shape index (κ1) is 19.4. The van der Waals surface area contributed by atoms with Crippen molar-refractivity contribution in [1.82, 2.24) is 9.80 Å². The van der Waals surface area contributed by atoms with Crippen molar-refractivity contribution in [3.63, 3.8) is 0 Å². The molecule has 0 N–H and O–H groups in total. The second-order valence-corrected chi connectivity index (χ2v) is 7.46. The highest BCUT2D eigenvalue weighted by molar-refractivity contribution is 5.69. The molecule has 140 valence electrons. The first-order valence-corrected chi connectivity index (χ1v) is 9.44. The minimum Gasteiger partial charge on any atom is -0.446 e. The third-order valence-electron chi connectivity index (χ3n) is 5.48. The summed E-state index contributed by atoms with van der Waals surface area (Å²) in [5.41, 5.74) is 0.140. The number of carbonyl (C=O) groups excluding carboxylic acids is 1. The molecule has 0 bridgehead atoms. The van der Waals surface area contributed by atoms with Gasteiger partial charge in [0, 0.05) is 18.5 Å². The predicted molar refractivity (Wildman–Crippen MR) is 90.4 cm³/mol. The van der Waals surface area contributed by atoms with Crippen LogP contribution in [0.1, 0.15) is 58.8 Å². The van der Waals surface area contributed by atoms with Crippen LogP contribution in [0, 0.1) is 5.41 Å². The monoisotopic (exact) mass is 346 g/mol. The molecule has 1 spiro atoms. The first-order valence-electron chi connectivity index (χ1n) is 9.44. The summed E-state index contributed by atoms with van der Waals surface area (Å²) < 4.78 is 30.5. The maximum atomic E-state index is 12.4. The van der Waals surface area contributed by atoms with E-state index in [2.05, 4.69) is 13.8 Å². The molecule has 4 nitrogen and oxygen atoms in total. The summed E-state index contributed by atoms with van der Waals surface area (Å²) in [6.07, 6.45) is 4.62. The molecule has 2 aliphatic heterocycles. The topological polar surface area (TPSA) is 32.8 Å². The fourth-order valence-corrected chi connectivity index (χ4v) is 3.80. The van der Waals surface area contributed by atoms with Crippen LogP contribution in [0.5, 0.6) is 0 Å². The van der Waals surface area contributed by atoms with Crippen LogP contribution in [0.15, 0.2) is 0 Å². The number of unbranched alkanes of at least 4 members (excludes halogenated alkanes) is 2. The van der Waals surface area contributed by atoms with E-state index in [0.29, 0.717) is 13.1 Å². The van der Waals surface area contributed by atoms with Gasteiger partial charge in [-0.3, -0.25) is 4.90 Å². The van der Waals surface area contributed by atoms with Crippen molar-refractivity contribution in [1.29, 1.82) is 0 Å². The van der Waals surface area contributed by atoms with Crippen molar-refractivity contribution >= 4 is 6.09 Å². The molecule has 0 aromatic heterocycles. The molecule has 2 rings (SSSR count). The Hall–Kier alpha value is -0.910. The molecule has 0 aromatic carbocycles. The Morgan fingerprint density at radius 3 is 2.38 bits per heavy atom. The van der Waals surface area contributed by atoms with Crippen molar-refractivity contribution in [2.24, 2.45) is 5.41 Å². The Labute approximate surface area is 144 Å². The second-order valence-electron chi connectivity index (χ2n) is 7.46. The average molecular weight is 346 g/mol.